The summed E-state index contributed by atoms with van der Waals surface area (Å²) in [5.41, 5.74) is 0.481. The molecule has 1 fully saturated rings. The van der Waals surface area contributed by atoms with Crippen LogP contribution in [0.1, 0.15) is 25.3 Å². The number of pyridine rings is 1. The quantitative estimate of drug-likeness (QED) is 0.431. The van der Waals surface area contributed by atoms with Crippen LogP contribution in [-0.4, -0.2) is 70.3 Å². The summed E-state index contributed by atoms with van der Waals surface area (Å²) in [6.07, 6.45) is 2.57. The van der Waals surface area contributed by atoms with Gasteiger partial charge in [0.2, 0.25) is 21.9 Å². The lowest BCUT2D eigenvalue weighted by atomic mass is 10.2. The molecule has 1 aliphatic rings. The van der Waals surface area contributed by atoms with E-state index in [1.54, 1.807) is 22.8 Å². The van der Waals surface area contributed by atoms with Crippen LogP contribution in [0.15, 0.2) is 30.6 Å². The van der Waals surface area contributed by atoms with Crippen molar-refractivity contribution in [2.45, 2.75) is 37.3 Å². The van der Waals surface area contributed by atoms with Crippen molar-refractivity contribution in [1.82, 2.24) is 29.7 Å². The second kappa shape index (κ2) is 10.2. The van der Waals surface area contributed by atoms with Gasteiger partial charge in [-0.15, -0.1) is 10.2 Å². The highest BCUT2D eigenvalue weighted by molar-refractivity contribution is 7.93. The zero-order chi connectivity index (χ0) is 24.3. The van der Waals surface area contributed by atoms with Gasteiger partial charge in [-0.1, -0.05) is 17.7 Å². The molecule has 0 saturated carbocycles. The number of nitrogens with zero attached hydrogens (tertiary/aromatic N) is 6. The van der Waals surface area contributed by atoms with Crippen LogP contribution in [0.2, 0.25) is 5.02 Å². The number of hydrogen-bond donors (Lipinski definition) is 1. The van der Waals surface area contributed by atoms with Gasteiger partial charge >= 0.3 is 0 Å². The molecule has 4 rings (SSSR count). The summed E-state index contributed by atoms with van der Waals surface area (Å²) >= 11 is 5.85. The molecule has 0 bridgehead atoms. The number of rotatable bonds is 10. The van der Waals surface area contributed by atoms with Gasteiger partial charge in [0.15, 0.2) is 11.6 Å². The number of halogens is 1. The molecule has 3 atom stereocenters. The van der Waals surface area contributed by atoms with E-state index in [-0.39, 0.29) is 17.9 Å². The third kappa shape index (κ3) is 5.12. The number of hydrogen-bond acceptors (Lipinski definition) is 10. The number of nitrogens with one attached hydrogen (secondary N) is 1. The fraction of sp³-hybridized carbons (Fsp3) is 0.450. The Morgan fingerprint density at radius 2 is 2.00 bits per heavy atom. The zero-order valence-corrected chi connectivity index (χ0v) is 20.3. The monoisotopic (exact) mass is 509 g/mol. The van der Waals surface area contributed by atoms with Gasteiger partial charge < -0.3 is 14.2 Å². The maximum atomic E-state index is 13.3. The average molecular weight is 510 g/mol. The van der Waals surface area contributed by atoms with Gasteiger partial charge in [0, 0.05) is 32.2 Å². The summed E-state index contributed by atoms with van der Waals surface area (Å²) in [5.74, 6) is 1.00. The molecule has 0 amide bonds. The molecule has 0 spiro atoms. The summed E-state index contributed by atoms with van der Waals surface area (Å²) in [7, 11) is -1.11. The Morgan fingerprint density at radius 3 is 2.62 bits per heavy atom. The number of ether oxygens (including phenoxy) is 3. The Morgan fingerprint density at radius 1 is 1.26 bits per heavy atom. The number of aromatic nitrogens is 6. The van der Waals surface area contributed by atoms with Crippen LogP contribution in [0.5, 0.6) is 5.88 Å². The highest BCUT2D eigenvalue weighted by Gasteiger charge is 2.35. The standard InChI is InChI=1S/C20H24ClN7O5S/c1-12(17(32-3)18-22-9-13(21)10-23-18)34(29,30)27-20-26-25-19(28(20)11-14-7-8-33-14)15-5-4-6-16(24-15)31-2/h4-6,9-10,12,14,17H,7-8,11H2,1-3H3,(H,26,27)/t12-,14?,17-/m0/s1. The van der Waals surface area contributed by atoms with Crippen LogP contribution >= 0.6 is 11.6 Å². The maximum Gasteiger partial charge on any atom is 0.240 e. The maximum absolute atomic E-state index is 13.3. The molecule has 1 saturated heterocycles. The fourth-order valence-electron chi connectivity index (χ4n) is 3.39. The van der Waals surface area contributed by atoms with Gasteiger partial charge in [-0.05, 0) is 19.4 Å². The van der Waals surface area contributed by atoms with Gasteiger partial charge in [0.25, 0.3) is 0 Å². The molecule has 182 valence electrons. The molecule has 1 N–H and O–H groups in total. The van der Waals surface area contributed by atoms with E-state index in [0.29, 0.717) is 35.6 Å². The average Bonchev–Trinajstić information content (AvgIpc) is 3.19. The second-order valence-electron chi connectivity index (χ2n) is 7.57. The largest absolute Gasteiger partial charge is 0.481 e. The minimum absolute atomic E-state index is 0.0360. The Kier molecular flexibility index (Phi) is 7.26. The smallest absolute Gasteiger partial charge is 0.240 e. The molecule has 12 nitrogen and oxygen atoms in total. The normalized spacial score (nSPS) is 17.6. The Balaban J connectivity index is 1.65. The van der Waals surface area contributed by atoms with Crippen LogP contribution < -0.4 is 9.46 Å². The summed E-state index contributed by atoms with van der Waals surface area (Å²) in [6, 6.07) is 5.21. The molecule has 3 aromatic heterocycles. The summed E-state index contributed by atoms with van der Waals surface area (Å²) in [5, 5.41) is 7.55. The number of anilines is 1. The molecule has 0 aromatic carbocycles. The van der Waals surface area contributed by atoms with E-state index in [9.17, 15) is 8.42 Å². The first-order valence-corrected chi connectivity index (χ1v) is 12.3. The van der Waals surface area contributed by atoms with Crippen molar-refractivity contribution in [3.63, 3.8) is 0 Å². The van der Waals surface area contributed by atoms with Crippen LogP contribution in [0.25, 0.3) is 11.5 Å². The Bertz CT molecular complexity index is 1230. The van der Waals surface area contributed by atoms with Crippen molar-refractivity contribution in [3.05, 3.63) is 41.4 Å². The molecular weight excluding hydrogens is 486 g/mol. The fourth-order valence-corrected chi connectivity index (χ4v) is 4.63. The molecule has 3 aromatic rings. The van der Waals surface area contributed by atoms with E-state index >= 15 is 0 Å². The van der Waals surface area contributed by atoms with Crippen molar-refractivity contribution in [1.29, 1.82) is 0 Å². The predicted molar refractivity (Wildman–Crippen MR) is 123 cm³/mol. The second-order valence-corrected chi connectivity index (χ2v) is 10.0. The van der Waals surface area contributed by atoms with Gasteiger partial charge in [-0.25, -0.2) is 23.4 Å². The van der Waals surface area contributed by atoms with Gasteiger partial charge in [-0.3, -0.25) is 9.29 Å². The molecule has 1 unspecified atom stereocenters. The first-order chi connectivity index (χ1) is 16.3. The molecule has 0 radical (unpaired) electrons. The minimum atomic E-state index is -4.01. The molecule has 34 heavy (non-hydrogen) atoms. The first-order valence-electron chi connectivity index (χ1n) is 10.4. The SMILES string of the molecule is COc1cccc(-c2nnc(NS(=O)(=O)[C@@H](C)[C@H](OC)c3ncc(Cl)cn3)n2CC2CCO2)n1. The van der Waals surface area contributed by atoms with E-state index in [0.717, 1.165) is 6.42 Å². The molecule has 4 heterocycles. The van der Waals surface area contributed by atoms with E-state index in [1.807, 2.05) is 0 Å². The van der Waals surface area contributed by atoms with Crippen LogP contribution in [-0.2, 0) is 26.0 Å². The first kappa shape index (κ1) is 24.3. The highest BCUT2D eigenvalue weighted by Crippen LogP contribution is 2.28. The van der Waals surface area contributed by atoms with Crippen molar-refractivity contribution >= 4 is 27.6 Å². The third-order valence-electron chi connectivity index (χ3n) is 5.39. The lowest BCUT2D eigenvalue weighted by Crippen LogP contribution is -2.35. The van der Waals surface area contributed by atoms with E-state index in [2.05, 4.69) is 29.9 Å². The van der Waals surface area contributed by atoms with E-state index < -0.39 is 21.4 Å². The molecule has 1 aliphatic heterocycles. The van der Waals surface area contributed by atoms with Gasteiger partial charge in [-0.2, -0.15) is 0 Å². The van der Waals surface area contributed by atoms with Gasteiger partial charge in [0.05, 0.1) is 24.8 Å². The Labute approximate surface area is 201 Å². The summed E-state index contributed by atoms with van der Waals surface area (Å²) < 4.78 is 46.9. The van der Waals surface area contributed by atoms with Gasteiger partial charge in [0.1, 0.15) is 17.0 Å². The van der Waals surface area contributed by atoms with E-state index in [4.69, 9.17) is 25.8 Å². The van der Waals surface area contributed by atoms with Crippen molar-refractivity contribution in [2.75, 3.05) is 25.5 Å². The Hall–Kier alpha value is -2.87. The zero-order valence-electron chi connectivity index (χ0n) is 18.8. The minimum Gasteiger partial charge on any atom is -0.481 e. The van der Waals surface area contributed by atoms with Crippen molar-refractivity contribution in [2.24, 2.45) is 0 Å². The van der Waals surface area contributed by atoms with Crippen LogP contribution in [0.3, 0.4) is 0 Å². The van der Waals surface area contributed by atoms with E-state index in [1.165, 1.54) is 33.5 Å². The summed E-state index contributed by atoms with van der Waals surface area (Å²) in [4.78, 5) is 12.6. The van der Waals surface area contributed by atoms with Crippen molar-refractivity contribution < 1.29 is 22.6 Å². The molecule has 0 aliphatic carbocycles. The summed E-state index contributed by atoms with van der Waals surface area (Å²) in [6.45, 7) is 2.49. The molecular formula is C20H24ClN7O5S. The highest BCUT2D eigenvalue weighted by atomic mass is 35.5. The lowest BCUT2D eigenvalue weighted by molar-refractivity contribution is -0.0587. The lowest BCUT2D eigenvalue weighted by Gasteiger charge is -2.28. The van der Waals surface area contributed by atoms with Crippen molar-refractivity contribution in [3.8, 4) is 17.4 Å². The third-order valence-corrected chi connectivity index (χ3v) is 7.28. The topological polar surface area (TPSA) is 143 Å². The van der Waals surface area contributed by atoms with Crippen LogP contribution in [0.4, 0.5) is 5.95 Å². The predicted octanol–water partition coefficient (Wildman–Crippen LogP) is 2.10. The number of sulfonamides is 1. The molecule has 14 heteroatoms. The number of methoxy groups -OCH3 is 2. The van der Waals surface area contributed by atoms with Crippen LogP contribution in [0, 0.1) is 0 Å².